The number of hydrogen-bond donors (Lipinski definition) is 0. The first-order valence-electron chi connectivity index (χ1n) is 6.06. The van der Waals surface area contributed by atoms with E-state index >= 15 is 0 Å². The zero-order chi connectivity index (χ0) is 15.2. The van der Waals surface area contributed by atoms with Crippen LogP contribution in [-0.2, 0) is 28.6 Å². The maximum Gasteiger partial charge on any atom is 0.313 e. The molecule has 2 rings (SSSR count). The van der Waals surface area contributed by atoms with Crippen molar-refractivity contribution in [1.82, 2.24) is 0 Å². The maximum absolute atomic E-state index is 12.1. The molecule has 0 aliphatic carbocycles. The average molecular weight is 280 g/mol. The van der Waals surface area contributed by atoms with Crippen molar-refractivity contribution in [1.29, 1.82) is 0 Å². The average Bonchev–Trinajstić information content (AvgIpc) is 2.91. The number of ether oxygens (including phenoxy) is 3. The minimum absolute atomic E-state index is 0.325. The molecule has 0 amide bonds. The molecular formula is C14H16O6. The van der Waals surface area contributed by atoms with Gasteiger partial charge in [0.05, 0.1) is 20.3 Å². The quantitative estimate of drug-likeness (QED) is 0.697. The molecule has 0 N–H and O–H groups in total. The molecule has 2 heterocycles. The van der Waals surface area contributed by atoms with E-state index in [0.29, 0.717) is 11.1 Å². The summed E-state index contributed by atoms with van der Waals surface area (Å²) in [5, 5.41) is 0. The predicted octanol–water partition coefficient (Wildman–Crippen LogP) is 0.417. The van der Waals surface area contributed by atoms with Gasteiger partial charge in [0.25, 0.3) is 0 Å². The first kappa shape index (κ1) is 14.5. The van der Waals surface area contributed by atoms with Gasteiger partial charge in [-0.3, -0.25) is 14.4 Å². The van der Waals surface area contributed by atoms with E-state index in [-0.39, 0.29) is 0 Å². The number of hydrogen-bond acceptors (Lipinski definition) is 6. The fraction of sp³-hybridized carbons (Fsp3) is 0.500. The second-order valence-electron chi connectivity index (χ2n) is 4.88. The topological polar surface area (TPSA) is 78.9 Å². The van der Waals surface area contributed by atoms with Crippen LogP contribution in [0.15, 0.2) is 24.3 Å². The molecule has 0 radical (unpaired) electrons. The number of rotatable bonds is 3. The van der Waals surface area contributed by atoms with Crippen molar-refractivity contribution in [3.05, 3.63) is 24.3 Å². The van der Waals surface area contributed by atoms with Crippen LogP contribution < -0.4 is 0 Å². The van der Waals surface area contributed by atoms with Gasteiger partial charge in [-0.1, -0.05) is 13.2 Å². The van der Waals surface area contributed by atoms with Gasteiger partial charge in [0.2, 0.25) is 0 Å². The Morgan fingerprint density at radius 3 is 2.15 bits per heavy atom. The Kier molecular flexibility index (Phi) is 3.29. The van der Waals surface area contributed by atoms with E-state index in [0.717, 1.165) is 0 Å². The highest BCUT2D eigenvalue weighted by atomic mass is 16.6. The van der Waals surface area contributed by atoms with Crippen LogP contribution in [-0.4, -0.2) is 43.6 Å². The van der Waals surface area contributed by atoms with Crippen LogP contribution >= 0.6 is 0 Å². The van der Waals surface area contributed by atoms with E-state index in [1.807, 2.05) is 0 Å². The second kappa shape index (κ2) is 4.56. The SMILES string of the molecule is C=C1C(=C)[C@@]2(C(C)=O)O[C@@H]1[C@@H](C(=O)OC)[C@@H]2C(=O)OC. The lowest BCUT2D eigenvalue weighted by Crippen LogP contribution is -2.51. The highest BCUT2D eigenvalue weighted by Gasteiger charge is 2.70. The summed E-state index contributed by atoms with van der Waals surface area (Å²) in [6, 6.07) is 0. The van der Waals surface area contributed by atoms with Gasteiger partial charge in [0, 0.05) is 0 Å². The van der Waals surface area contributed by atoms with Crippen LogP contribution in [0.1, 0.15) is 6.92 Å². The third-order valence-electron chi connectivity index (χ3n) is 4.07. The molecule has 2 bridgehead atoms. The van der Waals surface area contributed by atoms with Gasteiger partial charge in [-0.05, 0) is 18.1 Å². The van der Waals surface area contributed by atoms with E-state index in [1.54, 1.807) is 0 Å². The predicted molar refractivity (Wildman–Crippen MR) is 67.6 cm³/mol. The van der Waals surface area contributed by atoms with Crippen LogP contribution in [0, 0.1) is 11.8 Å². The summed E-state index contributed by atoms with van der Waals surface area (Å²) < 4.78 is 15.1. The normalized spacial score (nSPS) is 35.0. The van der Waals surface area contributed by atoms with Crippen molar-refractivity contribution in [3.63, 3.8) is 0 Å². The van der Waals surface area contributed by atoms with Crippen molar-refractivity contribution >= 4 is 17.7 Å². The van der Waals surface area contributed by atoms with Crippen molar-refractivity contribution in [2.24, 2.45) is 11.8 Å². The zero-order valence-electron chi connectivity index (χ0n) is 11.6. The monoisotopic (exact) mass is 280 g/mol. The Balaban J connectivity index is 2.61. The minimum atomic E-state index is -1.58. The van der Waals surface area contributed by atoms with Gasteiger partial charge in [-0.25, -0.2) is 0 Å². The van der Waals surface area contributed by atoms with E-state index in [1.165, 1.54) is 21.1 Å². The van der Waals surface area contributed by atoms with Gasteiger partial charge in [-0.15, -0.1) is 0 Å². The molecule has 2 fully saturated rings. The molecule has 6 heteroatoms. The highest BCUT2D eigenvalue weighted by molar-refractivity contribution is 6.00. The lowest BCUT2D eigenvalue weighted by atomic mass is 9.66. The Morgan fingerprint density at radius 1 is 1.15 bits per heavy atom. The summed E-state index contributed by atoms with van der Waals surface area (Å²) in [4.78, 5) is 36.1. The molecule has 0 aromatic rings. The molecular weight excluding hydrogens is 264 g/mol. The third kappa shape index (κ3) is 1.51. The summed E-state index contributed by atoms with van der Waals surface area (Å²) in [6.45, 7) is 8.88. The van der Waals surface area contributed by atoms with Crippen molar-refractivity contribution in [3.8, 4) is 0 Å². The number of carbonyl (C=O) groups is 3. The number of ketones is 1. The van der Waals surface area contributed by atoms with E-state index in [2.05, 4.69) is 13.2 Å². The molecule has 0 spiro atoms. The molecule has 4 atom stereocenters. The first-order chi connectivity index (χ1) is 9.32. The van der Waals surface area contributed by atoms with E-state index in [4.69, 9.17) is 14.2 Å². The van der Waals surface area contributed by atoms with Crippen molar-refractivity contribution < 1.29 is 28.6 Å². The van der Waals surface area contributed by atoms with Gasteiger partial charge in [-0.2, -0.15) is 0 Å². The lowest BCUT2D eigenvalue weighted by molar-refractivity contribution is -0.160. The Hall–Kier alpha value is -1.95. The Labute approximate surface area is 116 Å². The summed E-state index contributed by atoms with van der Waals surface area (Å²) in [7, 11) is 2.40. The van der Waals surface area contributed by atoms with Gasteiger partial charge in [0.15, 0.2) is 11.4 Å². The molecule has 0 aromatic carbocycles. The second-order valence-corrected chi connectivity index (χ2v) is 4.88. The zero-order valence-corrected chi connectivity index (χ0v) is 11.6. The number of esters is 2. The molecule has 108 valence electrons. The number of carbonyl (C=O) groups excluding carboxylic acids is 3. The highest BCUT2D eigenvalue weighted by Crippen LogP contribution is 2.56. The van der Waals surface area contributed by atoms with E-state index < -0.39 is 41.3 Å². The molecule has 20 heavy (non-hydrogen) atoms. The van der Waals surface area contributed by atoms with Gasteiger partial charge in [0.1, 0.15) is 11.8 Å². The summed E-state index contributed by atoms with van der Waals surface area (Å²) in [6.07, 6.45) is -0.789. The Bertz CT molecular complexity index is 534. The van der Waals surface area contributed by atoms with Crippen LogP contribution in [0.5, 0.6) is 0 Å². The van der Waals surface area contributed by atoms with Gasteiger partial charge < -0.3 is 14.2 Å². The van der Waals surface area contributed by atoms with Gasteiger partial charge >= 0.3 is 11.9 Å². The van der Waals surface area contributed by atoms with E-state index in [9.17, 15) is 14.4 Å². The van der Waals surface area contributed by atoms with Crippen LogP contribution in [0.25, 0.3) is 0 Å². The molecule has 0 aromatic heterocycles. The fourth-order valence-electron chi connectivity index (χ4n) is 3.08. The number of methoxy groups -OCH3 is 2. The van der Waals surface area contributed by atoms with Crippen LogP contribution in [0.2, 0.25) is 0 Å². The maximum atomic E-state index is 12.1. The lowest BCUT2D eigenvalue weighted by Gasteiger charge is -2.33. The van der Waals surface area contributed by atoms with Crippen molar-refractivity contribution in [2.45, 2.75) is 18.6 Å². The molecule has 2 aliphatic rings. The summed E-state index contributed by atoms with van der Waals surface area (Å²) >= 11 is 0. The molecule has 0 saturated carbocycles. The number of fused-ring (bicyclic) bond motifs is 2. The van der Waals surface area contributed by atoms with Crippen molar-refractivity contribution in [2.75, 3.05) is 14.2 Å². The largest absolute Gasteiger partial charge is 0.469 e. The van der Waals surface area contributed by atoms with Crippen LogP contribution in [0.3, 0.4) is 0 Å². The summed E-state index contributed by atoms with van der Waals surface area (Å²) in [5.74, 6) is -3.79. The third-order valence-corrected chi connectivity index (χ3v) is 4.07. The first-order valence-corrected chi connectivity index (χ1v) is 6.06. The fourth-order valence-corrected chi connectivity index (χ4v) is 3.08. The molecule has 2 saturated heterocycles. The Morgan fingerprint density at radius 2 is 1.70 bits per heavy atom. The molecule has 0 unspecified atom stereocenters. The standard InChI is InChI=1S/C14H16O6/c1-6-7(2)14(8(3)15)10(13(17)19-5)9(11(6)20-14)12(16)18-4/h9-11H,1-2H2,3-5H3/t9-,10+,11-,14-/m0/s1. The molecule has 2 aliphatic heterocycles. The van der Waals surface area contributed by atoms with Crippen LogP contribution in [0.4, 0.5) is 0 Å². The summed E-state index contributed by atoms with van der Waals surface area (Å²) in [5.41, 5.74) is -0.811. The smallest absolute Gasteiger partial charge is 0.313 e. The molecule has 6 nitrogen and oxygen atoms in total. The minimum Gasteiger partial charge on any atom is -0.469 e. The number of Topliss-reactive ketones (excluding diaryl/α,β-unsaturated/α-hetero) is 1.